The summed E-state index contributed by atoms with van der Waals surface area (Å²) in [6, 6.07) is 7.09. The zero-order valence-corrected chi connectivity index (χ0v) is 8.01. The van der Waals surface area contributed by atoms with Crippen LogP contribution in [0.15, 0.2) is 34.9 Å². The first-order valence-corrected chi connectivity index (χ1v) is 4.62. The lowest BCUT2D eigenvalue weighted by atomic mass is 9.98. The van der Waals surface area contributed by atoms with Crippen molar-refractivity contribution in [2.75, 3.05) is 6.54 Å². The molecule has 0 bridgehead atoms. The Kier molecular flexibility index (Phi) is 2.43. The van der Waals surface area contributed by atoms with Gasteiger partial charge in [0.25, 0.3) is 0 Å². The van der Waals surface area contributed by atoms with Gasteiger partial charge in [-0.1, -0.05) is 6.07 Å². The summed E-state index contributed by atoms with van der Waals surface area (Å²) >= 11 is 0. The van der Waals surface area contributed by atoms with Gasteiger partial charge in [-0.25, -0.2) is 0 Å². The molecule has 0 saturated heterocycles. The third-order valence-corrected chi connectivity index (χ3v) is 2.41. The second-order valence-electron chi connectivity index (χ2n) is 3.34. The summed E-state index contributed by atoms with van der Waals surface area (Å²) in [6.07, 6.45) is 1.58. The minimum Gasteiger partial charge on any atom is -0.481 e. The molecule has 0 amide bonds. The third kappa shape index (κ3) is 1.71. The quantitative estimate of drug-likeness (QED) is 0.797. The lowest BCUT2D eigenvalue weighted by Gasteiger charge is -2.09. The molecule has 0 aliphatic carbocycles. The van der Waals surface area contributed by atoms with E-state index < -0.39 is 11.9 Å². The van der Waals surface area contributed by atoms with Crippen LogP contribution in [-0.4, -0.2) is 17.6 Å². The molecule has 1 atom stereocenters. The predicted octanol–water partition coefficient (Wildman–Crippen LogP) is 1.56. The molecule has 0 spiro atoms. The van der Waals surface area contributed by atoms with E-state index in [4.69, 9.17) is 15.3 Å². The second-order valence-corrected chi connectivity index (χ2v) is 3.34. The van der Waals surface area contributed by atoms with E-state index in [2.05, 4.69) is 0 Å². The van der Waals surface area contributed by atoms with Crippen molar-refractivity contribution in [3.63, 3.8) is 0 Å². The van der Waals surface area contributed by atoms with E-state index in [-0.39, 0.29) is 6.54 Å². The highest BCUT2D eigenvalue weighted by Gasteiger charge is 2.18. The van der Waals surface area contributed by atoms with Gasteiger partial charge in [0.05, 0.1) is 12.2 Å². The summed E-state index contributed by atoms with van der Waals surface area (Å²) in [5.74, 6) is -1.55. The van der Waals surface area contributed by atoms with Gasteiger partial charge in [0.2, 0.25) is 0 Å². The molecule has 78 valence electrons. The standard InChI is InChI=1S/C11H11NO3/c12-6-9(11(13)14)7-1-2-10-8(5-7)3-4-15-10/h1-5,9H,6,12H2,(H,13,14). The number of benzene rings is 1. The Bertz CT molecular complexity index is 489. The van der Waals surface area contributed by atoms with Gasteiger partial charge in [0.1, 0.15) is 5.58 Å². The minimum atomic E-state index is -0.902. The van der Waals surface area contributed by atoms with Gasteiger partial charge in [-0.2, -0.15) is 0 Å². The van der Waals surface area contributed by atoms with Crippen LogP contribution < -0.4 is 5.73 Å². The van der Waals surface area contributed by atoms with Crippen LogP contribution in [0.2, 0.25) is 0 Å². The summed E-state index contributed by atoms with van der Waals surface area (Å²) in [7, 11) is 0. The molecule has 0 aliphatic heterocycles. The van der Waals surface area contributed by atoms with E-state index in [1.807, 2.05) is 0 Å². The third-order valence-electron chi connectivity index (χ3n) is 2.41. The largest absolute Gasteiger partial charge is 0.481 e. The number of fused-ring (bicyclic) bond motifs is 1. The summed E-state index contributed by atoms with van der Waals surface area (Å²) in [6.45, 7) is 0.0959. The first-order valence-electron chi connectivity index (χ1n) is 4.62. The highest BCUT2D eigenvalue weighted by Crippen LogP contribution is 2.22. The van der Waals surface area contributed by atoms with Crippen LogP contribution in [0.3, 0.4) is 0 Å². The summed E-state index contributed by atoms with van der Waals surface area (Å²) in [5.41, 5.74) is 6.88. The predicted molar refractivity (Wildman–Crippen MR) is 55.6 cm³/mol. The molecule has 3 N–H and O–H groups in total. The Labute approximate surface area is 86.3 Å². The van der Waals surface area contributed by atoms with Crippen molar-refractivity contribution >= 4 is 16.9 Å². The smallest absolute Gasteiger partial charge is 0.312 e. The highest BCUT2D eigenvalue weighted by molar-refractivity contribution is 5.82. The molecule has 4 nitrogen and oxygen atoms in total. The summed E-state index contributed by atoms with van der Waals surface area (Å²) in [4.78, 5) is 10.9. The number of carboxylic acids is 1. The fraction of sp³-hybridized carbons (Fsp3) is 0.182. The molecule has 4 heteroatoms. The Morgan fingerprint density at radius 3 is 2.93 bits per heavy atom. The highest BCUT2D eigenvalue weighted by atomic mass is 16.4. The van der Waals surface area contributed by atoms with Crippen molar-refractivity contribution in [1.82, 2.24) is 0 Å². The minimum absolute atomic E-state index is 0.0959. The molecule has 1 unspecified atom stereocenters. The lowest BCUT2D eigenvalue weighted by molar-refractivity contribution is -0.138. The molecule has 1 heterocycles. The van der Waals surface area contributed by atoms with Crippen LogP contribution in [0.4, 0.5) is 0 Å². The van der Waals surface area contributed by atoms with Crippen LogP contribution in [0.5, 0.6) is 0 Å². The number of hydrogen-bond acceptors (Lipinski definition) is 3. The van der Waals surface area contributed by atoms with Crippen LogP contribution in [0, 0.1) is 0 Å². The van der Waals surface area contributed by atoms with Gasteiger partial charge in [0, 0.05) is 11.9 Å². The Morgan fingerprint density at radius 2 is 2.27 bits per heavy atom. The summed E-state index contributed by atoms with van der Waals surface area (Å²) < 4.78 is 5.17. The number of hydrogen-bond donors (Lipinski definition) is 2. The van der Waals surface area contributed by atoms with Gasteiger partial charge in [-0.15, -0.1) is 0 Å². The normalized spacial score (nSPS) is 12.9. The molecule has 1 aromatic heterocycles. The van der Waals surface area contributed by atoms with Gasteiger partial charge < -0.3 is 15.3 Å². The Balaban J connectivity index is 2.46. The monoisotopic (exact) mass is 205 g/mol. The average Bonchev–Trinajstić information content (AvgIpc) is 2.65. The summed E-state index contributed by atoms with van der Waals surface area (Å²) in [5, 5.41) is 9.84. The maximum atomic E-state index is 10.9. The van der Waals surface area contributed by atoms with Crippen LogP contribution in [0.1, 0.15) is 11.5 Å². The van der Waals surface area contributed by atoms with Crippen molar-refractivity contribution in [3.05, 3.63) is 36.1 Å². The zero-order chi connectivity index (χ0) is 10.8. The number of aliphatic carboxylic acids is 1. The van der Waals surface area contributed by atoms with Gasteiger partial charge >= 0.3 is 5.97 Å². The van der Waals surface area contributed by atoms with E-state index in [9.17, 15) is 4.79 Å². The maximum Gasteiger partial charge on any atom is 0.312 e. The van der Waals surface area contributed by atoms with Crippen LogP contribution in [0.25, 0.3) is 11.0 Å². The van der Waals surface area contributed by atoms with E-state index in [1.165, 1.54) is 0 Å². The van der Waals surface area contributed by atoms with Crippen molar-refractivity contribution < 1.29 is 14.3 Å². The molecule has 0 saturated carbocycles. The van der Waals surface area contributed by atoms with E-state index in [0.717, 1.165) is 11.0 Å². The van der Waals surface area contributed by atoms with E-state index >= 15 is 0 Å². The fourth-order valence-corrected chi connectivity index (χ4v) is 1.58. The molecular formula is C11H11NO3. The van der Waals surface area contributed by atoms with Crippen molar-refractivity contribution in [1.29, 1.82) is 0 Å². The first-order chi connectivity index (χ1) is 7.22. The van der Waals surface area contributed by atoms with Gasteiger partial charge in [0.15, 0.2) is 0 Å². The number of nitrogens with two attached hydrogens (primary N) is 1. The number of carbonyl (C=O) groups is 1. The lowest BCUT2D eigenvalue weighted by Crippen LogP contribution is -2.20. The van der Waals surface area contributed by atoms with Crippen LogP contribution >= 0.6 is 0 Å². The van der Waals surface area contributed by atoms with E-state index in [1.54, 1.807) is 30.5 Å². The number of furan rings is 1. The second kappa shape index (κ2) is 3.74. The van der Waals surface area contributed by atoms with Crippen molar-refractivity contribution in [3.8, 4) is 0 Å². The zero-order valence-electron chi connectivity index (χ0n) is 8.01. The Hall–Kier alpha value is -1.81. The molecule has 2 rings (SSSR count). The molecule has 1 aromatic carbocycles. The number of rotatable bonds is 3. The fourth-order valence-electron chi connectivity index (χ4n) is 1.58. The Morgan fingerprint density at radius 1 is 1.47 bits per heavy atom. The average molecular weight is 205 g/mol. The van der Waals surface area contributed by atoms with Crippen molar-refractivity contribution in [2.45, 2.75) is 5.92 Å². The van der Waals surface area contributed by atoms with Crippen molar-refractivity contribution in [2.24, 2.45) is 5.73 Å². The molecule has 0 radical (unpaired) electrons. The van der Waals surface area contributed by atoms with Gasteiger partial charge in [-0.05, 0) is 23.8 Å². The maximum absolute atomic E-state index is 10.9. The van der Waals surface area contributed by atoms with E-state index in [0.29, 0.717) is 5.56 Å². The first kappa shape index (κ1) is 9.73. The molecule has 15 heavy (non-hydrogen) atoms. The molecule has 0 aliphatic rings. The number of carboxylic acid groups (broad SMARTS) is 1. The molecule has 2 aromatic rings. The molecular weight excluding hydrogens is 194 g/mol. The topological polar surface area (TPSA) is 76.5 Å². The SMILES string of the molecule is NCC(C(=O)O)c1ccc2occc2c1. The van der Waals surface area contributed by atoms with Gasteiger partial charge in [-0.3, -0.25) is 4.79 Å². The molecule has 0 fully saturated rings. The van der Waals surface area contributed by atoms with Crippen LogP contribution in [-0.2, 0) is 4.79 Å².